The summed E-state index contributed by atoms with van der Waals surface area (Å²) in [4.78, 5) is 23.6. The lowest BCUT2D eigenvalue weighted by atomic mass is 9.78. The minimum absolute atomic E-state index is 0.0594. The predicted octanol–water partition coefficient (Wildman–Crippen LogP) is 0.928. The molecule has 1 aliphatic heterocycles. The zero-order valence-electron chi connectivity index (χ0n) is 16.0. The van der Waals surface area contributed by atoms with Gasteiger partial charge in [-0.05, 0) is 37.6 Å². The Labute approximate surface area is 153 Å². The third kappa shape index (κ3) is 3.38. The maximum Gasteiger partial charge on any atom is 0.247 e. The van der Waals surface area contributed by atoms with E-state index in [1.54, 1.807) is 6.33 Å². The van der Waals surface area contributed by atoms with Gasteiger partial charge >= 0.3 is 0 Å². The highest BCUT2D eigenvalue weighted by molar-refractivity contribution is 5.83. The molecule has 9 heteroatoms. The normalized spacial score (nSPS) is 20.0. The largest absolute Gasteiger partial charge is 0.356 e. The van der Waals surface area contributed by atoms with Crippen LogP contribution in [0.1, 0.15) is 39.7 Å². The zero-order chi connectivity index (χ0) is 18.9. The van der Waals surface area contributed by atoms with Crippen LogP contribution in [0.4, 0.5) is 5.82 Å². The Kier molecular flexibility index (Phi) is 4.64. The summed E-state index contributed by atoms with van der Waals surface area (Å²) in [5.74, 6) is 0.876. The quantitative estimate of drug-likeness (QED) is 0.867. The SMILES string of the molecule is Cc1cncnc1N1CCC(NC(=O)C(C)(C)n2cnnn2)C(C)(C)C1. The van der Waals surface area contributed by atoms with Crippen molar-refractivity contribution in [3.8, 4) is 0 Å². The van der Waals surface area contributed by atoms with Crippen molar-refractivity contribution in [1.29, 1.82) is 0 Å². The van der Waals surface area contributed by atoms with Gasteiger partial charge in [-0.15, -0.1) is 5.10 Å². The molecule has 140 valence electrons. The number of piperidine rings is 1. The van der Waals surface area contributed by atoms with Gasteiger partial charge in [-0.2, -0.15) is 0 Å². The van der Waals surface area contributed by atoms with Crippen molar-refractivity contribution in [3.63, 3.8) is 0 Å². The standard InChI is InChI=1S/C17H26N8O/c1-12-8-18-10-19-14(12)24-7-6-13(16(2,3)9-24)21-15(26)17(4,5)25-11-20-22-23-25/h8,10-11,13H,6-7,9H2,1-5H3,(H,21,26). The molecule has 0 radical (unpaired) electrons. The molecule has 3 rings (SSSR count). The van der Waals surface area contributed by atoms with E-state index in [1.165, 1.54) is 11.0 Å². The lowest BCUT2D eigenvalue weighted by molar-refractivity contribution is -0.130. The van der Waals surface area contributed by atoms with Gasteiger partial charge in [0.1, 0.15) is 24.0 Å². The first-order valence-electron chi connectivity index (χ1n) is 8.78. The molecule has 1 fully saturated rings. The summed E-state index contributed by atoms with van der Waals surface area (Å²) in [6.07, 6.45) is 5.72. The zero-order valence-corrected chi connectivity index (χ0v) is 16.0. The molecule has 1 unspecified atom stereocenters. The smallest absolute Gasteiger partial charge is 0.247 e. The summed E-state index contributed by atoms with van der Waals surface area (Å²) in [5.41, 5.74) is 0.104. The first-order chi connectivity index (χ1) is 12.2. The van der Waals surface area contributed by atoms with Crippen molar-refractivity contribution in [2.24, 2.45) is 5.41 Å². The van der Waals surface area contributed by atoms with Gasteiger partial charge in [0.2, 0.25) is 5.91 Å². The van der Waals surface area contributed by atoms with Crippen LogP contribution in [0.15, 0.2) is 18.9 Å². The fourth-order valence-corrected chi connectivity index (χ4v) is 3.39. The lowest BCUT2D eigenvalue weighted by Gasteiger charge is -2.46. The summed E-state index contributed by atoms with van der Waals surface area (Å²) in [6, 6.07) is 0.0594. The van der Waals surface area contributed by atoms with Gasteiger partial charge in [-0.3, -0.25) is 4.79 Å². The average Bonchev–Trinajstić information content (AvgIpc) is 3.12. The van der Waals surface area contributed by atoms with Crippen LogP contribution in [0.3, 0.4) is 0 Å². The van der Waals surface area contributed by atoms with Crippen LogP contribution < -0.4 is 10.2 Å². The van der Waals surface area contributed by atoms with Crippen LogP contribution in [-0.4, -0.2) is 55.2 Å². The minimum atomic E-state index is -0.847. The Bertz CT molecular complexity index is 771. The Morgan fingerprint density at radius 1 is 1.38 bits per heavy atom. The second kappa shape index (κ2) is 6.62. The number of rotatable bonds is 4. The molecule has 1 aliphatic rings. The van der Waals surface area contributed by atoms with Crippen LogP contribution in [0, 0.1) is 12.3 Å². The predicted molar refractivity (Wildman–Crippen MR) is 96.4 cm³/mol. The number of anilines is 1. The Balaban J connectivity index is 1.71. The van der Waals surface area contributed by atoms with Gasteiger partial charge < -0.3 is 10.2 Å². The second-order valence-corrected chi connectivity index (χ2v) is 8.07. The molecule has 2 aromatic rings. The molecule has 3 heterocycles. The van der Waals surface area contributed by atoms with Gasteiger partial charge in [0.25, 0.3) is 0 Å². The summed E-state index contributed by atoms with van der Waals surface area (Å²) in [6.45, 7) is 11.6. The summed E-state index contributed by atoms with van der Waals surface area (Å²) < 4.78 is 1.48. The number of aryl methyl sites for hydroxylation is 1. The third-order valence-corrected chi connectivity index (χ3v) is 5.18. The Hall–Kier alpha value is -2.58. The molecule has 0 aromatic carbocycles. The maximum atomic E-state index is 12.9. The molecular weight excluding hydrogens is 332 g/mol. The van der Waals surface area contributed by atoms with E-state index >= 15 is 0 Å². The van der Waals surface area contributed by atoms with Gasteiger partial charge in [0.05, 0.1) is 0 Å². The fourth-order valence-electron chi connectivity index (χ4n) is 3.39. The van der Waals surface area contributed by atoms with Crippen molar-refractivity contribution < 1.29 is 4.79 Å². The lowest BCUT2D eigenvalue weighted by Crippen LogP contribution is -2.59. The van der Waals surface area contributed by atoms with Crippen molar-refractivity contribution in [2.45, 2.75) is 52.6 Å². The van der Waals surface area contributed by atoms with Crippen molar-refractivity contribution in [2.75, 3.05) is 18.0 Å². The number of nitrogens with zero attached hydrogens (tertiary/aromatic N) is 7. The molecule has 9 nitrogen and oxygen atoms in total. The summed E-state index contributed by atoms with van der Waals surface area (Å²) >= 11 is 0. The fraction of sp³-hybridized carbons (Fsp3) is 0.647. The number of amides is 1. The molecule has 1 N–H and O–H groups in total. The van der Waals surface area contributed by atoms with Crippen LogP contribution in [-0.2, 0) is 10.3 Å². The highest BCUT2D eigenvalue weighted by Crippen LogP contribution is 2.33. The first kappa shape index (κ1) is 18.2. The van der Waals surface area contributed by atoms with E-state index in [1.807, 2.05) is 27.0 Å². The van der Waals surface area contributed by atoms with Crippen LogP contribution in [0.2, 0.25) is 0 Å². The monoisotopic (exact) mass is 358 g/mol. The van der Waals surface area contributed by atoms with Crippen LogP contribution in [0.5, 0.6) is 0 Å². The second-order valence-electron chi connectivity index (χ2n) is 8.07. The van der Waals surface area contributed by atoms with E-state index in [-0.39, 0.29) is 17.4 Å². The van der Waals surface area contributed by atoms with Gasteiger partial charge in [0.15, 0.2) is 0 Å². The van der Waals surface area contributed by atoms with Crippen LogP contribution in [0.25, 0.3) is 0 Å². The molecular formula is C17H26N8O. The van der Waals surface area contributed by atoms with Crippen molar-refractivity contribution in [3.05, 3.63) is 24.4 Å². The maximum absolute atomic E-state index is 12.9. The Morgan fingerprint density at radius 2 is 2.15 bits per heavy atom. The van der Waals surface area contributed by atoms with Crippen molar-refractivity contribution >= 4 is 11.7 Å². The van der Waals surface area contributed by atoms with E-state index in [2.05, 4.69) is 49.6 Å². The molecule has 1 saturated heterocycles. The molecule has 0 aliphatic carbocycles. The molecule has 0 bridgehead atoms. The summed E-state index contributed by atoms with van der Waals surface area (Å²) in [5, 5.41) is 14.3. The molecule has 0 saturated carbocycles. The first-order valence-corrected chi connectivity index (χ1v) is 8.78. The highest BCUT2D eigenvalue weighted by Gasteiger charge is 2.40. The van der Waals surface area contributed by atoms with Crippen molar-refractivity contribution in [1.82, 2.24) is 35.5 Å². The molecule has 2 aromatic heterocycles. The number of nitrogens with one attached hydrogen (secondary N) is 1. The van der Waals surface area contributed by atoms with E-state index in [9.17, 15) is 4.79 Å². The van der Waals surface area contributed by atoms with E-state index in [4.69, 9.17) is 0 Å². The molecule has 1 atom stereocenters. The number of hydrogen-bond acceptors (Lipinski definition) is 7. The topological polar surface area (TPSA) is 102 Å². The van der Waals surface area contributed by atoms with Crippen LogP contribution >= 0.6 is 0 Å². The molecule has 1 amide bonds. The average molecular weight is 358 g/mol. The minimum Gasteiger partial charge on any atom is -0.356 e. The number of carbonyl (C=O) groups is 1. The number of hydrogen-bond donors (Lipinski definition) is 1. The van der Waals surface area contributed by atoms with E-state index in [0.29, 0.717) is 0 Å². The third-order valence-electron chi connectivity index (χ3n) is 5.18. The summed E-state index contributed by atoms with van der Waals surface area (Å²) in [7, 11) is 0. The number of tetrazole rings is 1. The van der Waals surface area contributed by atoms with Gasteiger partial charge in [-0.25, -0.2) is 14.6 Å². The van der Waals surface area contributed by atoms with E-state index < -0.39 is 5.54 Å². The van der Waals surface area contributed by atoms with Gasteiger partial charge in [0, 0.05) is 36.3 Å². The Morgan fingerprint density at radius 3 is 2.77 bits per heavy atom. The number of carbonyl (C=O) groups excluding carboxylic acids is 1. The number of aromatic nitrogens is 6. The highest BCUT2D eigenvalue weighted by atomic mass is 16.2. The van der Waals surface area contributed by atoms with Gasteiger partial charge in [-0.1, -0.05) is 13.8 Å². The van der Waals surface area contributed by atoms with E-state index in [0.717, 1.165) is 30.9 Å². The molecule has 0 spiro atoms. The molecule has 26 heavy (non-hydrogen) atoms.